The average Bonchev–Trinajstić information content (AvgIpc) is 2.15. The van der Waals surface area contributed by atoms with Gasteiger partial charge in [-0.3, -0.25) is 4.79 Å². The monoisotopic (exact) mass is 224 g/mol. The van der Waals surface area contributed by atoms with Crippen molar-refractivity contribution in [3.8, 4) is 0 Å². The molecule has 3 nitrogen and oxygen atoms in total. The van der Waals surface area contributed by atoms with Crippen molar-refractivity contribution < 1.29 is 4.79 Å². The van der Waals surface area contributed by atoms with Gasteiger partial charge in [0.15, 0.2) is 0 Å². The van der Waals surface area contributed by atoms with Gasteiger partial charge in [0.2, 0.25) is 5.91 Å². The Bertz CT molecular complexity index is 261. The molecule has 2 rings (SSSR count). The molecule has 0 aromatic carbocycles. The molecule has 92 valence electrons. The van der Waals surface area contributed by atoms with E-state index in [1.54, 1.807) is 0 Å². The molecule has 0 spiro atoms. The first kappa shape index (κ1) is 11.9. The van der Waals surface area contributed by atoms with Crippen LogP contribution in [-0.4, -0.2) is 17.5 Å². The summed E-state index contributed by atoms with van der Waals surface area (Å²) in [6.45, 7) is 2.15. The fraction of sp³-hybridized carbons (Fsp3) is 0.923. The molecule has 3 heteroatoms. The third-order valence-electron chi connectivity index (χ3n) is 4.20. The minimum absolute atomic E-state index is 0.105. The number of amides is 1. The lowest BCUT2D eigenvalue weighted by molar-refractivity contribution is -0.125. The van der Waals surface area contributed by atoms with Crippen LogP contribution in [0.4, 0.5) is 0 Å². The Morgan fingerprint density at radius 3 is 2.69 bits per heavy atom. The Hall–Kier alpha value is -0.570. The third-order valence-corrected chi connectivity index (χ3v) is 4.20. The summed E-state index contributed by atoms with van der Waals surface area (Å²) >= 11 is 0. The van der Waals surface area contributed by atoms with Crippen LogP contribution in [0.1, 0.15) is 58.3 Å². The highest BCUT2D eigenvalue weighted by molar-refractivity contribution is 5.77. The van der Waals surface area contributed by atoms with E-state index in [4.69, 9.17) is 5.73 Å². The Morgan fingerprint density at radius 1 is 1.38 bits per heavy atom. The Labute approximate surface area is 98.2 Å². The van der Waals surface area contributed by atoms with E-state index >= 15 is 0 Å². The Balaban J connectivity index is 1.74. The van der Waals surface area contributed by atoms with E-state index < -0.39 is 0 Å². The molecule has 2 aliphatic rings. The van der Waals surface area contributed by atoms with Crippen molar-refractivity contribution in [1.82, 2.24) is 5.32 Å². The molecule has 0 aromatic rings. The normalized spacial score (nSPS) is 32.9. The van der Waals surface area contributed by atoms with Crippen LogP contribution >= 0.6 is 0 Å². The summed E-state index contributed by atoms with van der Waals surface area (Å²) < 4.78 is 0. The molecule has 0 aromatic heterocycles. The summed E-state index contributed by atoms with van der Waals surface area (Å²) in [5.74, 6) is 0.758. The van der Waals surface area contributed by atoms with E-state index in [0.717, 1.165) is 25.7 Å². The van der Waals surface area contributed by atoms with Gasteiger partial charge in [-0.15, -0.1) is 0 Å². The summed E-state index contributed by atoms with van der Waals surface area (Å²) in [6, 6.07) is 0.325. The summed E-state index contributed by atoms with van der Waals surface area (Å²) in [4.78, 5) is 11.9. The highest BCUT2D eigenvalue weighted by Crippen LogP contribution is 2.32. The van der Waals surface area contributed by atoms with Crippen molar-refractivity contribution in [2.24, 2.45) is 11.7 Å². The van der Waals surface area contributed by atoms with E-state index in [0.29, 0.717) is 18.4 Å². The highest BCUT2D eigenvalue weighted by atomic mass is 16.1. The summed E-state index contributed by atoms with van der Waals surface area (Å²) in [5.41, 5.74) is 6.04. The van der Waals surface area contributed by atoms with E-state index in [1.807, 2.05) is 0 Å². The van der Waals surface area contributed by atoms with Crippen LogP contribution in [0.3, 0.4) is 0 Å². The van der Waals surface area contributed by atoms with Crippen LogP contribution in [0, 0.1) is 5.92 Å². The van der Waals surface area contributed by atoms with Crippen molar-refractivity contribution in [2.45, 2.75) is 69.9 Å². The number of rotatable bonds is 3. The molecule has 2 fully saturated rings. The lowest BCUT2D eigenvalue weighted by Crippen LogP contribution is -2.51. The highest BCUT2D eigenvalue weighted by Gasteiger charge is 2.33. The fourth-order valence-electron chi connectivity index (χ4n) is 3.00. The lowest BCUT2D eigenvalue weighted by atomic mass is 9.78. The van der Waals surface area contributed by atoms with Gasteiger partial charge in [0, 0.05) is 18.0 Å². The average molecular weight is 224 g/mol. The molecule has 3 N–H and O–H groups in total. The van der Waals surface area contributed by atoms with Crippen molar-refractivity contribution in [2.75, 3.05) is 0 Å². The van der Waals surface area contributed by atoms with Crippen molar-refractivity contribution in [3.05, 3.63) is 0 Å². The third kappa shape index (κ3) is 2.97. The van der Waals surface area contributed by atoms with Gasteiger partial charge in [0.25, 0.3) is 0 Å². The first-order chi connectivity index (χ1) is 7.57. The van der Waals surface area contributed by atoms with Gasteiger partial charge in [-0.05, 0) is 51.4 Å². The molecule has 0 bridgehead atoms. The van der Waals surface area contributed by atoms with E-state index in [2.05, 4.69) is 12.2 Å². The Kier molecular flexibility index (Phi) is 3.53. The second-order valence-corrected chi connectivity index (χ2v) is 5.96. The van der Waals surface area contributed by atoms with E-state index in [9.17, 15) is 4.79 Å². The van der Waals surface area contributed by atoms with Crippen LogP contribution in [0.25, 0.3) is 0 Å². The Morgan fingerprint density at radius 2 is 2.12 bits per heavy atom. The largest absolute Gasteiger partial charge is 0.351 e. The zero-order chi connectivity index (χ0) is 11.6. The fourth-order valence-corrected chi connectivity index (χ4v) is 3.00. The minimum atomic E-state index is 0.105. The molecule has 2 saturated carbocycles. The predicted molar refractivity (Wildman–Crippen MR) is 64.9 cm³/mol. The molecule has 0 heterocycles. The maximum atomic E-state index is 11.9. The predicted octanol–water partition coefficient (Wildman–Crippen LogP) is 1.95. The number of carbonyl (C=O) groups is 1. The number of hydrogen-bond donors (Lipinski definition) is 2. The molecule has 2 aliphatic carbocycles. The van der Waals surface area contributed by atoms with Gasteiger partial charge in [0.05, 0.1) is 0 Å². The minimum Gasteiger partial charge on any atom is -0.351 e. The zero-order valence-corrected chi connectivity index (χ0v) is 10.3. The summed E-state index contributed by atoms with van der Waals surface area (Å²) in [6.07, 6.45) is 8.76. The quantitative estimate of drug-likeness (QED) is 0.770. The van der Waals surface area contributed by atoms with Crippen molar-refractivity contribution in [3.63, 3.8) is 0 Å². The first-order valence-electron chi connectivity index (χ1n) is 6.64. The molecule has 2 unspecified atom stereocenters. The van der Waals surface area contributed by atoms with Gasteiger partial charge in [0.1, 0.15) is 0 Å². The number of hydrogen-bond acceptors (Lipinski definition) is 2. The SMILES string of the molecule is CC1(NC(=O)CC2CCCC(N)C2)CCC1. The smallest absolute Gasteiger partial charge is 0.220 e. The van der Waals surface area contributed by atoms with Gasteiger partial charge >= 0.3 is 0 Å². The zero-order valence-electron chi connectivity index (χ0n) is 10.3. The topological polar surface area (TPSA) is 55.1 Å². The van der Waals surface area contributed by atoms with Gasteiger partial charge in [-0.2, -0.15) is 0 Å². The van der Waals surface area contributed by atoms with Gasteiger partial charge < -0.3 is 11.1 Å². The van der Waals surface area contributed by atoms with Crippen LogP contribution < -0.4 is 11.1 Å². The number of nitrogens with two attached hydrogens (primary N) is 1. The second kappa shape index (κ2) is 4.74. The molecule has 0 aliphatic heterocycles. The molecule has 0 saturated heterocycles. The van der Waals surface area contributed by atoms with Crippen molar-refractivity contribution in [1.29, 1.82) is 0 Å². The standard InChI is InChI=1S/C13H24N2O/c1-13(6-3-7-13)15-12(16)9-10-4-2-5-11(14)8-10/h10-11H,2-9,14H2,1H3,(H,15,16). The van der Waals surface area contributed by atoms with Crippen LogP contribution in [0.15, 0.2) is 0 Å². The maximum absolute atomic E-state index is 11.9. The molecular weight excluding hydrogens is 200 g/mol. The van der Waals surface area contributed by atoms with E-state index in [-0.39, 0.29) is 11.4 Å². The molecule has 16 heavy (non-hydrogen) atoms. The van der Waals surface area contributed by atoms with Crippen LogP contribution in [0.2, 0.25) is 0 Å². The summed E-state index contributed by atoms with van der Waals surface area (Å²) in [5, 5.41) is 3.18. The van der Waals surface area contributed by atoms with Crippen LogP contribution in [-0.2, 0) is 4.79 Å². The molecule has 1 amide bonds. The number of nitrogens with one attached hydrogen (secondary N) is 1. The lowest BCUT2D eigenvalue weighted by Gasteiger charge is -2.39. The number of carbonyl (C=O) groups excluding carboxylic acids is 1. The molecule has 0 radical (unpaired) electrons. The maximum Gasteiger partial charge on any atom is 0.220 e. The second-order valence-electron chi connectivity index (χ2n) is 5.96. The van der Waals surface area contributed by atoms with E-state index in [1.165, 1.54) is 19.3 Å². The molecular formula is C13H24N2O. The first-order valence-corrected chi connectivity index (χ1v) is 6.64. The van der Waals surface area contributed by atoms with Gasteiger partial charge in [-0.1, -0.05) is 6.42 Å². The van der Waals surface area contributed by atoms with Crippen molar-refractivity contribution >= 4 is 5.91 Å². The molecule has 2 atom stereocenters. The van der Waals surface area contributed by atoms with Crippen LogP contribution in [0.5, 0.6) is 0 Å². The van der Waals surface area contributed by atoms with Gasteiger partial charge in [-0.25, -0.2) is 0 Å². The summed E-state index contributed by atoms with van der Waals surface area (Å²) in [7, 11) is 0.